The molecule has 0 unspecified atom stereocenters. The first kappa shape index (κ1) is 9.50. The predicted octanol–water partition coefficient (Wildman–Crippen LogP) is 0.465. The Labute approximate surface area is 91.8 Å². The van der Waals surface area contributed by atoms with E-state index < -0.39 is 0 Å². The van der Waals surface area contributed by atoms with Crippen molar-refractivity contribution >= 4 is 11.8 Å². The maximum atomic E-state index is 11.9. The van der Waals surface area contributed by atoms with E-state index in [4.69, 9.17) is 0 Å². The van der Waals surface area contributed by atoms with Crippen LogP contribution in [-0.4, -0.2) is 40.9 Å². The summed E-state index contributed by atoms with van der Waals surface area (Å²) >= 11 is 0. The summed E-state index contributed by atoms with van der Waals surface area (Å²) in [6.07, 6.45) is 0. The highest BCUT2D eigenvalue weighted by molar-refractivity contribution is 6.21. The second-order valence-corrected chi connectivity index (χ2v) is 4.03. The Bertz CT molecular complexity index is 445. The van der Waals surface area contributed by atoms with Crippen molar-refractivity contribution < 1.29 is 9.59 Å². The van der Waals surface area contributed by atoms with E-state index in [0.717, 1.165) is 5.06 Å². The third-order valence-corrected chi connectivity index (χ3v) is 3.02. The zero-order chi connectivity index (χ0) is 11.3. The molecule has 0 N–H and O–H groups in total. The second kappa shape index (κ2) is 3.13. The summed E-state index contributed by atoms with van der Waals surface area (Å²) in [5.74, 6) is -0.558. The summed E-state index contributed by atoms with van der Waals surface area (Å²) in [5.41, 5.74) is 0.883. The highest BCUT2D eigenvalue weighted by atomic mass is 16.5. The number of amides is 2. The van der Waals surface area contributed by atoms with Crippen molar-refractivity contribution in [1.82, 2.24) is 9.96 Å². The molecule has 16 heavy (non-hydrogen) atoms. The van der Waals surface area contributed by atoms with Crippen molar-refractivity contribution in [1.29, 1.82) is 0 Å². The van der Waals surface area contributed by atoms with Gasteiger partial charge in [0.1, 0.15) is 0 Å². The zero-order valence-corrected chi connectivity index (χ0v) is 8.42. The number of carbonyl (C=O) groups excluding carboxylic acids is 2. The first-order valence-corrected chi connectivity index (χ1v) is 5.07. The lowest BCUT2D eigenvalue weighted by atomic mass is 10.1. The number of hydrogen-bond acceptors (Lipinski definition) is 4. The molecule has 2 amide bonds. The molecule has 0 radical (unpaired) electrons. The third kappa shape index (κ3) is 1.12. The van der Waals surface area contributed by atoms with E-state index in [2.05, 4.69) is 0 Å². The molecule has 2 aliphatic heterocycles. The molecule has 0 aromatic heterocycles. The fourth-order valence-electron chi connectivity index (χ4n) is 2.12. The van der Waals surface area contributed by atoms with E-state index in [9.17, 15) is 14.8 Å². The van der Waals surface area contributed by atoms with Crippen LogP contribution in [-0.2, 0) is 0 Å². The number of fused-ring (bicyclic) bond motifs is 1. The van der Waals surface area contributed by atoms with Gasteiger partial charge in [-0.3, -0.25) is 14.5 Å². The van der Waals surface area contributed by atoms with Gasteiger partial charge in [-0.15, -0.1) is 0 Å². The molecule has 82 valence electrons. The summed E-state index contributed by atoms with van der Waals surface area (Å²) < 4.78 is 0. The number of benzene rings is 1. The number of imide groups is 1. The Hall–Kier alpha value is -1.72. The van der Waals surface area contributed by atoms with Crippen LogP contribution in [0.15, 0.2) is 24.3 Å². The lowest BCUT2D eigenvalue weighted by molar-refractivity contribution is 0.0392. The smallest absolute Gasteiger partial charge is 0.261 e. The van der Waals surface area contributed by atoms with Gasteiger partial charge in [-0.1, -0.05) is 12.1 Å². The summed E-state index contributed by atoms with van der Waals surface area (Å²) in [6.45, 7) is 0.455. The standard InChI is InChI=1S/C11H9N2O3/c14-10-8-3-1-2-4-9(8)11(15)13(10)7-5-12(16)6-7/h1-4,7H,5-6H2/q-1. The maximum absolute atomic E-state index is 11.9. The van der Waals surface area contributed by atoms with Crippen molar-refractivity contribution in [3.05, 3.63) is 40.6 Å². The summed E-state index contributed by atoms with van der Waals surface area (Å²) in [6, 6.07) is 6.49. The Morgan fingerprint density at radius 1 is 1.06 bits per heavy atom. The van der Waals surface area contributed by atoms with Gasteiger partial charge in [0.2, 0.25) is 0 Å². The van der Waals surface area contributed by atoms with Crippen LogP contribution < -0.4 is 0 Å². The van der Waals surface area contributed by atoms with Gasteiger partial charge < -0.3 is 10.3 Å². The van der Waals surface area contributed by atoms with Gasteiger partial charge in [0.25, 0.3) is 11.8 Å². The van der Waals surface area contributed by atoms with Crippen LogP contribution in [0, 0.1) is 5.21 Å². The molecule has 5 heteroatoms. The van der Waals surface area contributed by atoms with Gasteiger partial charge in [-0.05, 0) is 12.1 Å². The third-order valence-electron chi connectivity index (χ3n) is 3.02. The number of hydroxylamine groups is 2. The minimum atomic E-state index is -0.279. The minimum Gasteiger partial charge on any atom is -0.785 e. The molecular weight excluding hydrogens is 208 g/mol. The molecule has 5 nitrogen and oxygen atoms in total. The van der Waals surface area contributed by atoms with E-state index in [-0.39, 0.29) is 30.9 Å². The topological polar surface area (TPSA) is 63.7 Å². The fraction of sp³-hybridized carbons (Fsp3) is 0.273. The highest BCUT2D eigenvalue weighted by Crippen LogP contribution is 2.27. The van der Waals surface area contributed by atoms with Crippen LogP contribution in [0.3, 0.4) is 0 Å². The van der Waals surface area contributed by atoms with Crippen molar-refractivity contribution in [2.24, 2.45) is 0 Å². The zero-order valence-electron chi connectivity index (χ0n) is 8.42. The molecular formula is C11H9N2O3-. The first-order chi connectivity index (χ1) is 7.68. The van der Waals surface area contributed by atoms with Crippen LogP contribution >= 0.6 is 0 Å². The number of rotatable bonds is 1. The minimum absolute atomic E-state index is 0.228. The Morgan fingerprint density at radius 2 is 1.56 bits per heavy atom. The average Bonchev–Trinajstić information content (AvgIpc) is 2.49. The molecule has 0 aliphatic carbocycles. The second-order valence-electron chi connectivity index (χ2n) is 4.03. The predicted molar refractivity (Wildman–Crippen MR) is 55.7 cm³/mol. The lowest BCUT2D eigenvalue weighted by Crippen LogP contribution is -2.58. The molecule has 1 saturated heterocycles. The molecule has 0 bridgehead atoms. The lowest BCUT2D eigenvalue weighted by Gasteiger charge is -2.47. The summed E-state index contributed by atoms with van der Waals surface area (Å²) in [7, 11) is 0. The molecule has 2 heterocycles. The quantitative estimate of drug-likeness (QED) is 0.641. The largest absolute Gasteiger partial charge is 0.785 e. The number of hydrogen-bond donors (Lipinski definition) is 0. The van der Waals surface area contributed by atoms with Crippen LogP contribution in [0.5, 0.6) is 0 Å². The normalized spacial score (nSPS) is 21.2. The Kier molecular flexibility index (Phi) is 1.86. The summed E-state index contributed by atoms with van der Waals surface area (Å²) in [4.78, 5) is 25.1. The number of carbonyl (C=O) groups is 2. The number of nitrogens with zero attached hydrogens (tertiary/aromatic N) is 2. The van der Waals surface area contributed by atoms with Gasteiger partial charge in [0.05, 0.1) is 17.2 Å². The maximum Gasteiger partial charge on any atom is 0.261 e. The van der Waals surface area contributed by atoms with E-state index in [1.54, 1.807) is 24.3 Å². The van der Waals surface area contributed by atoms with E-state index >= 15 is 0 Å². The van der Waals surface area contributed by atoms with E-state index in [1.807, 2.05) is 0 Å². The SMILES string of the molecule is O=C1c2ccccc2C(=O)N1C1CN([O-])C1. The van der Waals surface area contributed by atoms with Crippen molar-refractivity contribution in [3.63, 3.8) is 0 Å². The molecule has 3 rings (SSSR count). The van der Waals surface area contributed by atoms with Gasteiger partial charge in [0.15, 0.2) is 0 Å². The Balaban J connectivity index is 1.96. The summed E-state index contributed by atoms with van der Waals surface area (Å²) in [5, 5.41) is 11.7. The monoisotopic (exact) mass is 217 g/mol. The van der Waals surface area contributed by atoms with Gasteiger partial charge >= 0.3 is 0 Å². The molecule has 0 atom stereocenters. The molecule has 1 aromatic rings. The van der Waals surface area contributed by atoms with Crippen molar-refractivity contribution in [3.8, 4) is 0 Å². The van der Waals surface area contributed by atoms with Crippen LogP contribution in [0.1, 0.15) is 20.7 Å². The van der Waals surface area contributed by atoms with Crippen molar-refractivity contribution in [2.75, 3.05) is 13.1 Å². The van der Waals surface area contributed by atoms with Crippen LogP contribution in [0.25, 0.3) is 0 Å². The molecule has 1 aromatic carbocycles. The highest BCUT2D eigenvalue weighted by Gasteiger charge is 2.42. The van der Waals surface area contributed by atoms with Gasteiger partial charge in [-0.25, -0.2) is 0 Å². The van der Waals surface area contributed by atoms with Gasteiger partial charge in [0, 0.05) is 13.1 Å². The average molecular weight is 217 g/mol. The molecule has 1 fully saturated rings. The van der Waals surface area contributed by atoms with Gasteiger partial charge in [-0.2, -0.15) is 0 Å². The fourth-order valence-corrected chi connectivity index (χ4v) is 2.12. The Morgan fingerprint density at radius 3 is 2.00 bits per heavy atom. The van der Waals surface area contributed by atoms with Crippen molar-refractivity contribution in [2.45, 2.75) is 6.04 Å². The molecule has 0 saturated carbocycles. The van der Waals surface area contributed by atoms with E-state index in [0.29, 0.717) is 11.1 Å². The molecule has 2 aliphatic rings. The first-order valence-electron chi connectivity index (χ1n) is 5.07. The van der Waals surface area contributed by atoms with Crippen LogP contribution in [0.4, 0.5) is 0 Å². The van der Waals surface area contributed by atoms with Crippen LogP contribution in [0.2, 0.25) is 0 Å². The van der Waals surface area contributed by atoms with E-state index in [1.165, 1.54) is 4.90 Å². The molecule has 0 spiro atoms.